The Kier molecular flexibility index (Phi) is 4.01. The number of rotatable bonds is 4. The fourth-order valence-corrected chi connectivity index (χ4v) is 4.06. The lowest BCUT2D eigenvalue weighted by molar-refractivity contribution is 0.0622. The van der Waals surface area contributed by atoms with Gasteiger partial charge < -0.3 is 15.0 Å². The fraction of sp³-hybridized carbons (Fsp3) is 0.412. The highest BCUT2D eigenvalue weighted by Gasteiger charge is 2.35. The van der Waals surface area contributed by atoms with Gasteiger partial charge in [-0.1, -0.05) is 29.5 Å². The molecule has 4 heterocycles. The molecule has 1 N–H and O–H groups in total. The number of benzene rings is 1. The fourth-order valence-electron chi connectivity index (χ4n) is 3.37. The maximum absolute atomic E-state index is 12.4. The summed E-state index contributed by atoms with van der Waals surface area (Å²) in [5.41, 5.74) is 0. The van der Waals surface area contributed by atoms with Crippen molar-refractivity contribution in [1.29, 1.82) is 0 Å². The second kappa shape index (κ2) is 6.29. The Morgan fingerprint density at radius 3 is 2.74 bits per heavy atom. The number of hydrogen-bond acceptors (Lipinski definition) is 5. The third-order valence-corrected chi connectivity index (χ3v) is 5.50. The van der Waals surface area contributed by atoms with E-state index in [-0.39, 0.29) is 11.9 Å². The molecule has 1 aromatic heterocycles. The molecule has 5 rings (SSSR count). The van der Waals surface area contributed by atoms with Crippen LogP contribution in [-0.4, -0.2) is 41.5 Å². The van der Waals surface area contributed by atoms with Crippen LogP contribution in [-0.2, 0) is 0 Å². The van der Waals surface area contributed by atoms with E-state index in [9.17, 15) is 4.79 Å². The lowest BCUT2D eigenvalue weighted by Gasteiger charge is -2.44. The van der Waals surface area contributed by atoms with Crippen molar-refractivity contribution >= 4 is 17.2 Å². The van der Waals surface area contributed by atoms with Gasteiger partial charge in [-0.15, -0.1) is 0 Å². The van der Waals surface area contributed by atoms with Crippen LogP contribution in [0.25, 0.3) is 0 Å². The van der Waals surface area contributed by atoms with Gasteiger partial charge >= 0.3 is 0 Å². The molecule has 3 saturated heterocycles. The number of nitrogens with zero attached hydrogens (tertiary/aromatic N) is 2. The predicted molar refractivity (Wildman–Crippen MR) is 89.0 cm³/mol. The molecular formula is C17H19N3O2S. The average molecular weight is 329 g/mol. The molecule has 0 aliphatic carbocycles. The minimum Gasteiger partial charge on any atom is -0.431 e. The number of piperidine rings is 3. The van der Waals surface area contributed by atoms with Crippen LogP contribution in [0.2, 0.25) is 0 Å². The molecule has 2 bridgehead atoms. The van der Waals surface area contributed by atoms with Gasteiger partial charge in [-0.25, -0.2) is 4.98 Å². The smallest absolute Gasteiger partial charge is 0.279 e. The molecule has 120 valence electrons. The van der Waals surface area contributed by atoms with Crippen molar-refractivity contribution in [2.45, 2.75) is 18.9 Å². The number of fused-ring (bicyclic) bond motifs is 3. The Hall–Kier alpha value is -1.92. The van der Waals surface area contributed by atoms with Gasteiger partial charge in [0.2, 0.25) is 0 Å². The minimum atomic E-state index is -0.0378. The number of hydrogen-bond donors (Lipinski definition) is 1. The number of carbonyl (C=O) groups excluding carboxylic acids is 1. The van der Waals surface area contributed by atoms with Crippen LogP contribution in [0.15, 0.2) is 36.5 Å². The first-order valence-electron chi connectivity index (χ1n) is 8.00. The summed E-state index contributed by atoms with van der Waals surface area (Å²) in [5, 5.41) is 3.67. The zero-order valence-corrected chi connectivity index (χ0v) is 13.6. The summed E-state index contributed by atoms with van der Waals surface area (Å²) in [6.45, 7) is 3.32. The Balaban J connectivity index is 1.39. The van der Waals surface area contributed by atoms with Crippen molar-refractivity contribution in [2.75, 3.05) is 19.6 Å². The zero-order valence-electron chi connectivity index (χ0n) is 12.8. The highest BCUT2D eigenvalue weighted by Crippen LogP contribution is 2.29. The highest BCUT2D eigenvalue weighted by atomic mass is 32.1. The third-order valence-electron chi connectivity index (χ3n) is 4.63. The normalized spacial score (nSPS) is 26.0. The Morgan fingerprint density at radius 1 is 1.26 bits per heavy atom. The second-order valence-electron chi connectivity index (χ2n) is 6.12. The van der Waals surface area contributed by atoms with E-state index in [2.05, 4.69) is 15.2 Å². The second-order valence-corrected chi connectivity index (χ2v) is 7.12. The van der Waals surface area contributed by atoms with E-state index in [0.717, 1.165) is 12.3 Å². The van der Waals surface area contributed by atoms with Gasteiger partial charge in [-0.05, 0) is 44.0 Å². The number of ether oxygens (including phenoxy) is 1. The van der Waals surface area contributed by atoms with Crippen molar-refractivity contribution in [3.05, 3.63) is 41.4 Å². The number of amides is 1. The maximum Gasteiger partial charge on any atom is 0.279 e. The first-order chi connectivity index (χ1) is 11.3. The quantitative estimate of drug-likeness (QED) is 0.937. The number of nitrogens with one attached hydrogen (secondary N) is 1. The topological polar surface area (TPSA) is 54.5 Å². The SMILES string of the molecule is O=C(N[C@H]1CN2CCC1CC2)c1cnc(Oc2ccccc2)s1. The maximum atomic E-state index is 12.4. The molecule has 3 aliphatic rings. The Bertz CT molecular complexity index is 680. The number of aromatic nitrogens is 1. The van der Waals surface area contributed by atoms with Gasteiger partial charge in [0.15, 0.2) is 0 Å². The van der Waals surface area contributed by atoms with Gasteiger partial charge in [0.1, 0.15) is 10.6 Å². The molecule has 1 aromatic carbocycles. The number of carbonyl (C=O) groups is 1. The van der Waals surface area contributed by atoms with E-state index >= 15 is 0 Å². The molecule has 1 atom stereocenters. The molecule has 0 saturated carbocycles. The van der Waals surface area contributed by atoms with Crippen LogP contribution < -0.4 is 10.1 Å². The zero-order chi connectivity index (χ0) is 15.6. The molecule has 0 radical (unpaired) electrons. The first kappa shape index (κ1) is 14.7. The largest absolute Gasteiger partial charge is 0.431 e. The van der Waals surface area contributed by atoms with Crippen molar-refractivity contribution in [2.24, 2.45) is 5.92 Å². The molecule has 3 aliphatic heterocycles. The van der Waals surface area contributed by atoms with Crippen LogP contribution in [0.1, 0.15) is 22.5 Å². The molecule has 0 unspecified atom stereocenters. The molecule has 0 spiro atoms. The average Bonchev–Trinajstić information content (AvgIpc) is 3.05. The molecule has 1 amide bonds. The lowest BCUT2D eigenvalue weighted by atomic mass is 9.84. The van der Waals surface area contributed by atoms with Crippen LogP contribution in [0, 0.1) is 5.92 Å². The number of thiazole rings is 1. The van der Waals surface area contributed by atoms with Crippen LogP contribution in [0.3, 0.4) is 0 Å². The summed E-state index contributed by atoms with van der Waals surface area (Å²) >= 11 is 1.29. The van der Waals surface area contributed by atoms with Gasteiger partial charge in [-0.3, -0.25) is 4.79 Å². The van der Waals surface area contributed by atoms with E-state index in [1.807, 2.05) is 30.3 Å². The summed E-state index contributed by atoms with van der Waals surface area (Å²) in [7, 11) is 0. The summed E-state index contributed by atoms with van der Waals surface area (Å²) in [4.78, 5) is 19.7. The summed E-state index contributed by atoms with van der Waals surface area (Å²) in [6.07, 6.45) is 3.98. The highest BCUT2D eigenvalue weighted by molar-refractivity contribution is 7.15. The molecule has 3 fully saturated rings. The van der Waals surface area contributed by atoms with Crippen molar-refractivity contribution in [3.8, 4) is 10.9 Å². The van der Waals surface area contributed by atoms with Crippen LogP contribution >= 0.6 is 11.3 Å². The Morgan fingerprint density at radius 2 is 2.04 bits per heavy atom. The molecule has 6 heteroatoms. The van der Waals surface area contributed by atoms with Gasteiger partial charge in [0.25, 0.3) is 11.1 Å². The molecule has 5 nitrogen and oxygen atoms in total. The van der Waals surface area contributed by atoms with E-state index in [0.29, 0.717) is 16.0 Å². The first-order valence-corrected chi connectivity index (χ1v) is 8.81. The Labute approximate surface area is 139 Å². The predicted octanol–water partition coefficient (Wildman–Crippen LogP) is 2.76. The van der Waals surface area contributed by atoms with Crippen LogP contribution in [0.4, 0.5) is 0 Å². The van der Waals surface area contributed by atoms with Crippen molar-refractivity contribution < 1.29 is 9.53 Å². The molecule has 2 aromatic rings. The summed E-state index contributed by atoms with van der Waals surface area (Å²) in [6, 6.07) is 9.75. The van der Waals surface area contributed by atoms with E-state index in [1.165, 1.54) is 37.3 Å². The molecule has 23 heavy (non-hydrogen) atoms. The number of para-hydroxylation sites is 1. The van der Waals surface area contributed by atoms with Gasteiger partial charge in [-0.2, -0.15) is 0 Å². The third kappa shape index (κ3) is 3.23. The summed E-state index contributed by atoms with van der Waals surface area (Å²) < 4.78 is 5.67. The monoisotopic (exact) mass is 329 g/mol. The minimum absolute atomic E-state index is 0.0378. The summed E-state index contributed by atoms with van der Waals surface area (Å²) in [5.74, 6) is 1.31. The van der Waals surface area contributed by atoms with Crippen molar-refractivity contribution in [3.63, 3.8) is 0 Å². The van der Waals surface area contributed by atoms with Crippen molar-refractivity contribution in [1.82, 2.24) is 15.2 Å². The van der Waals surface area contributed by atoms with Gasteiger partial charge in [0.05, 0.1) is 6.20 Å². The van der Waals surface area contributed by atoms with Crippen LogP contribution in [0.5, 0.6) is 10.9 Å². The van der Waals surface area contributed by atoms with E-state index in [1.54, 1.807) is 6.20 Å². The standard InChI is InChI=1S/C17H19N3O2S/c21-16(19-14-11-20-8-6-12(14)7-9-20)15-10-18-17(23-15)22-13-4-2-1-3-5-13/h1-5,10,12,14H,6-9,11H2,(H,19,21)/t14-/m0/s1. The molecular weight excluding hydrogens is 310 g/mol. The lowest BCUT2D eigenvalue weighted by Crippen LogP contribution is -2.57. The van der Waals surface area contributed by atoms with Gasteiger partial charge in [0, 0.05) is 12.6 Å². The van der Waals surface area contributed by atoms with E-state index < -0.39 is 0 Å². The van der Waals surface area contributed by atoms with E-state index in [4.69, 9.17) is 4.74 Å².